The third-order valence-corrected chi connectivity index (χ3v) is 6.59. The van der Waals surface area contributed by atoms with Crippen LogP contribution in [0.4, 0.5) is 4.39 Å². The van der Waals surface area contributed by atoms with Crippen molar-refractivity contribution in [3.8, 4) is 5.75 Å². The number of carbonyl (C=O) groups excluding carboxylic acids is 2. The van der Waals surface area contributed by atoms with E-state index in [0.29, 0.717) is 12.0 Å². The minimum atomic E-state index is -0.811. The number of aliphatic hydroxyl groups is 1. The van der Waals surface area contributed by atoms with Gasteiger partial charge in [0.2, 0.25) is 0 Å². The maximum absolute atomic E-state index is 13.7. The lowest BCUT2D eigenvalue weighted by atomic mass is 9.93. The van der Waals surface area contributed by atoms with E-state index in [-0.39, 0.29) is 24.3 Å². The Bertz CT molecular complexity index is 1460. The number of methoxy groups -OCH3 is 1. The van der Waals surface area contributed by atoms with Gasteiger partial charge in [-0.05, 0) is 53.4 Å². The Morgan fingerprint density at radius 2 is 1.83 bits per heavy atom. The number of hydrogen-bond acceptors (Lipinski definition) is 4. The van der Waals surface area contributed by atoms with Crippen LogP contribution in [0.15, 0.2) is 90.3 Å². The van der Waals surface area contributed by atoms with Crippen LogP contribution in [0.5, 0.6) is 5.75 Å². The van der Waals surface area contributed by atoms with Crippen LogP contribution in [0.1, 0.15) is 22.7 Å². The zero-order valence-corrected chi connectivity index (χ0v) is 19.7. The molecule has 4 aromatic rings. The number of carbonyl (C=O) groups is 2. The Balaban J connectivity index is 1.47. The number of benzene rings is 3. The first-order valence-electron chi connectivity index (χ1n) is 11.7. The van der Waals surface area contributed by atoms with Gasteiger partial charge in [0.15, 0.2) is 11.5 Å². The highest BCUT2D eigenvalue weighted by Crippen LogP contribution is 2.38. The van der Waals surface area contributed by atoms with Crippen molar-refractivity contribution in [1.82, 2.24) is 9.88 Å². The Labute approximate surface area is 207 Å². The van der Waals surface area contributed by atoms with Gasteiger partial charge in [0.05, 0.1) is 18.7 Å². The molecule has 1 atom stereocenters. The summed E-state index contributed by atoms with van der Waals surface area (Å²) in [5, 5.41) is 11.8. The molecule has 1 unspecified atom stereocenters. The van der Waals surface area contributed by atoms with Gasteiger partial charge in [0, 0.05) is 30.1 Å². The molecule has 0 spiro atoms. The molecule has 3 aromatic carbocycles. The molecule has 0 aliphatic carbocycles. The standard InChI is InChI=1S/C29H25FN2O4/c1-36-22-11-12-24-23(16-22)20(17-31-24)13-14-32-27(19-7-9-21(30)10-8-19)26(28(34)29(32)35)25(33)15-18-5-3-2-4-6-18/h2-12,16-17,27,31,34H,13-15H2,1H3. The molecule has 1 aromatic heterocycles. The van der Waals surface area contributed by atoms with E-state index >= 15 is 0 Å². The van der Waals surface area contributed by atoms with Crippen molar-refractivity contribution in [2.45, 2.75) is 18.9 Å². The topological polar surface area (TPSA) is 82.6 Å². The molecule has 0 saturated heterocycles. The SMILES string of the molecule is COc1ccc2[nH]cc(CCN3C(=O)C(O)=C(C(=O)Cc4ccccc4)C3c3ccc(F)cc3)c2c1. The largest absolute Gasteiger partial charge is 0.503 e. The fourth-order valence-electron chi connectivity index (χ4n) is 4.77. The average Bonchev–Trinajstić information content (AvgIpc) is 3.41. The van der Waals surface area contributed by atoms with E-state index in [0.717, 1.165) is 27.8 Å². The first-order chi connectivity index (χ1) is 17.5. The molecule has 0 bridgehead atoms. The van der Waals surface area contributed by atoms with Crippen molar-refractivity contribution in [3.05, 3.63) is 113 Å². The number of nitrogens with zero attached hydrogens (tertiary/aromatic N) is 1. The summed E-state index contributed by atoms with van der Waals surface area (Å²) in [6, 6.07) is 19.7. The van der Waals surface area contributed by atoms with Crippen molar-refractivity contribution in [2.75, 3.05) is 13.7 Å². The summed E-state index contributed by atoms with van der Waals surface area (Å²) in [5.74, 6) is -1.21. The van der Waals surface area contributed by atoms with Gasteiger partial charge in [-0.25, -0.2) is 4.39 Å². The first-order valence-corrected chi connectivity index (χ1v) is 11.7. The second kappa shape index (κ2) is 9.70. The van der Waals surface area contributed by atoms with Gasteiger partial charge in [0.1, 0.15) is 11.6 Å². The first kappa shape index (κ1) is 23.4. The fraction of sp³-hybridized carbons (Fsp3) is 0.172. The van der Waals surface area contributed by atoms with E-state index in [9.17, 15) is 19.1 Å². The number of aliphatic hydroxyl groups excluding tert-OH is 1. The lowest BCUT2D eigenvalue weighted by Crippen LogP contribution is -2.33. The van der Waals surface area contributed by atoms with E-state index in [4.69, 9.17) is 4.74 Å². The predicted octanol–water partition coefficient (Wildman–Crippen LogP) is 5.07. The van der Waals surface area contributed by atoms with Crippen molar-refractivity contribution in [2.24, 2.45) is 0 Å². The molecule has 182 valence electrons. The van der Waals surface area contributed by atoms with Gasteiger partial charge in [-0.1, -0.05) is 42.5 Å². The van der Waals surface area contributed by atoms with Crippen molar-refractivity contribution in [1.29, 1.82) is 0 Å². The highest BCUT2D eigenvalue weighted by atomic mass is 19.1. The van der Waals surface area contributed by atoms with Crippen molar-refractivity contribution < 1.29 is 23.8 Å². The molecule has 36 heavy (non-hydrogen) atoms. The number of hydrogen-bond donors (Lipinski definition) is 2. The number of aromatic amines is 1. The number of aromatic nitrogens is 1. The minimum Gasteiger partial charge on any atom is -0.503 e. The number of H-pyrrole nitrogens is 1. The van der Waals surface area contributed by atoms with E-state index in [1.54, 1.807) is 19.2 Å². The van der Waals surface area contributed by atoms with Crippen LogP contribution in [0.3, 0.4) is 0 Å². The quantitative estimate of drug-likeness (QED) is 0.366. The maximum Gasteiger partial charge on any atom is 0.290 e. The number of fused-ring (bicyclic) bond motifs is 1. The number of Topliss-reactive ketones (excluding diaryl/α,β-unsaturated/α-hetero) is 1. The van der Waals surface area contributed by atoms with Crippen LogP contribution < -0.4 is 4.74 Å². The Kier molecular flexibility index (Phi) is 6.29. The van der Waals surface area contributed by atoms with Gasteiger partial charge in [-0.3, -0.25) is 9.59 Å². The normalized spacial score (nSPS) is 15.7. The smallest absolute Gasteiger partial charge is 0.290 e. The number of amides is 1. The Morgan fingerprint density at radius 3 is 2.56 bits per heavy atom. The molecule has 7 heteroatoms. The number of ketones is 1. The minimum absolute atomic E-state index is 0.0380. The van der Waals surface area contributed by atoms with Crippen LogP contribution >= 0.6 is 0 Å². The summed E-state index contributed by atoms with van der Waals surface area (Å²) in [7, 11) is 1.60. The van der Waals surface area contributed by atoms with Crippen LogP contribution in [0.25, 0.3) is 10.9 Å². The zero-order valence-electron chi connectivity index (χ0n) is 19.7. The molecular weight excluding hydrogens is 459 g/mol. The van der Waals surface area contributed by atoms with Crippen molar-refractivity contribution in [3.63, 3.8) is 0 Å². The van der Waals surface area contributed by atoms with Crippen LogP contribution in [0, 0.1) is 5.82 Å². The lowest BCUT2D eigenvalue weighted by molar-refractivity contribution is -0.129. The molecular formula is C29H25FN2O4. The van der Waals surface area contributed by atoms with Gasteiger partial charge in [0.25, 0.3) is 5.91 Å². The zero-order chi connectivity index (χ0) is 25.2. The highest BCUT2D eigenvalue weighted by molar-refractivity contribution is 6.09. The molecule has 2 heterocycles. The molecule has 2 N–H and O–H groups in total. The molecule has 1 aliphatic heterocycles. The monoisotopic (exact) mass is 484 g/mol. The van der Waals surface area contributed by atoms with E-state index in [1.165, 1.54) is 17.0 Å². The Morgan fingerprint density at radius 1 is 1.08 bits per heavy atom. The second-order valence-corrected chi connectivity index (χ2v) is 8.78. The van der Waals surface area contributed by atoms with Crippen LogP contribution in [-0.4, -0.2) is 40.3 Å². The molecule has 6 nitrogen and oxygen atoms in total. The number of nitrogens with one attached hydrogen (secondary N) is 1. The van der Waals surface area contributed by atoms with Gasteiger partial charge in [-0.15, -0.1) is 0 Å². The third kappa shape index (κ3) is 4.35. The van der Waals surface area contributed by atoms with Gasteiger partial charge < -0.3 is 19.7 Å². The molecule has 0 fully saturated rings. The van der Waals surface area contributed by atoms with Crippen LogP contribution in [0.2, 0.25) is 0 Å². The number of halogens is 1. The molecule has 0 radical (unpaired) electrons. The summed E-state index contributed by atoms with van der Waals surface area (Å²) >= 11 is 0. The second-order valence-electron chi connectivity index (χ2n) is 8.78. The maximum atomic E-state index is 13.7. The number of ether oxygens (including phenoxy) is 1. The molecule has 1 aliphatic rings. The summed E-state index contributed by atoms with van der Waals surface area (Å²) in [4.78, 5) is 31.3. The van der Waals surface area contributed by atoms with Gasteiger partial charge >= 0.3 is 0 Å². The van der Waals surface area contributed by atoms with Crippen LogP contribution in [-0.2, 0) is 22.4 Å². The van der Waals surface area contributed by atoms with E-state index < -0.39 is 23.5 Å². The van der Waals surface area contributed by atoms with E-state index in [2.05, 4.69) is 4.98 Å². The molecule has 1 amide bonds. The van der Waals surface area contributed by atoms with E-state index in [1.807, 2.05) is 54.7 Å². The summed E-state index contributed by atoms with van der Waals surface area (Å²) < 4.78 is 19.0. The summed E-state index contributed by atoms with van der Waals surface area (Å²) in [5.41, 5.74) is 3.28. The number of rotatable bonds is 8. The fourth-order valence-corrected chi connectivity index (χ4v) is 4.77. The Hall–Kier alpha value is -4.39. The lowest BCUT2D eigenvalue weighted by Gasteiger charge is -2.27. The van der Waals surface area contributed by atoms with Gasteiger partial charge in [-0.2, -0.15) is 0 Å². The third-order valence-electron chi connectivity index (χ3n) is 6.59. The predicted molar refractivity (Wildman–Crippen MR) is 134 cm³/mol. The molecule has 5 rings (SSSR count). The summed E-state index contributed by atoms with van der Waals surface area (Å²) in [6.45, 7) is 0.247. The average molecular weight is 485 g/mol. The highest BCUT2D eigenvalue weighted by Gasteiger charge is 2.43. The van der Waals surface area contributed by atoms with Crippen molar-refractivity contribution >= 4 is 22.6 Å². The summed E-state index contributed by atoms with van der Waals surface area (Å²) in [6.07, 6.45) is 2.40. The molecule has 0 saturated carbocycles.